The first-order valence-corrected chi connectivity index (χ1v) is 12.8. The summed E-state index contributed by atoms with van der Waals surface area (Å²) in [5, 5.41) is 0.636. The molecule has 0 radical (unpaired) electrons. The van der Waals surface area contributed by atoms with E-state index in [0.717, 1.165) is 17.1 Å². The van der Waals surface area contributed by atoms with Crippen LogP contribution in [-0.4, -0.2) is 75.5 Å². The molecule has 0 unspecified atom stereocenters. The molecule has 3 heterocycles. The SMILES string of the molecule is CSc1ncc2c(n1)N(C)CCN(c1cccc(-n3cnc(CN(C)C(=O)OC(C)(C)C)c3)c1)C2=O. The summed E-state index contributed by atoms with van der Waals surface area (Å²) in [7, 11) is 3.61. The number of carbonyl (C=O) groups is 2. The van der Waals surface area contributed by atoms with E-state index in [1.807, 2.05) is 74.0 Å². The van der Waals surface area contributed by atoms with E-state index in [-0.39, 0.29) is 5.91 Å². The van der Waals surface area contributed by atoms with Gasteiger partial charge in [-0.1, -0.05) is 17.8 Å². The number of benzene rings is 1. The number of ether oxygens (including phenoxy) is 1. The second-order valence-corrected chi connectivity index (χ2v) is 10.4. The van der Waals surface area contributed by atoms with Crippen molar-refractivity contribution in [2.45, 2.75) is 38.1 Å². The van der Waals surface area contributed by atoms with Gasteiger partial charge in [0, 0.05) is 51.0 Å². The van der Waals surface area contributed by atoms with Crippen molar-refractivity contribution >= 4 is 35.3 Å². The number of rotatable bonds is 5. The zero-order valence-electron chi connectivity index (χ0n) is 21.4. The number of imidazole rings is 1. The molecule has 4 rings (SSSR count). The van der Waals surface area contributed by atoms with Gasteiger partial charge in [-0.25, -0.2) is 19.7 Å². The third kappa shape index (κ3) is 5.62. The highest BCUT2D eigenvalue weighted by Gasteiger charge is 2.28. The van der Waals surface area contributed by atoms with Crippen LogP contribution in [0, 0.1) is 0 Å². The number of thioether (sulfide) groups is 1. The molecule has 1 aliphatic heterocycles. The van der Waals surface area contributed by atoms with Crippen LogP contribution in [0.15, 0.2) is 48.1 Å². The van der Waals surface area contributed by atoms with Crippen molar-refractivity contribution < 1.29 is 14.3 Å². The number of nitrogens with zero attached hydrogens (tertiary/aromatic N) is 7. The third-order valence-electron chi connectivity index (χ3n) is 5.61. The highest BCUT2D eigenvalue weighted by molar-refractivity contribution is 7.98. The van der Waals surface area contributed by atoms with Crippen LogP contribution in [0.2, 0.25) is 0 Å². The molecule has 3 aromatic rings. The lowest BCUT2D eigenvalue weighted by Crippen LogP contribution is -2.33. The number of carbonyl (C=O) groups excluding carboxylic acids is 2. The van der Waals surface area contributed by atoms with Crippen LogP contribution in [0.25, 0.3) is 5.69 Å². The van der Waals surface area contributed by atoms with E-state index < -0.39 is 11.7 Å². The van der Waals surface area contributed by atoms with Crippen LogP contribution in [0.5, 0.6) is 0 Å². The normalized spacial score (nSPS) is 13.9. The molecule has 10 nitrogen and oxygen atoms in total. The monoisotopic (exact) mass is 509 g/mol. The fraction of sp³-hybridized carbons (Fsp3) is 0.400. The maximum Gasteiger partial charge on any atom is 0.410 e. The van der Waals surface area contributed by atoms with Gasteiger partial charge in [0.2, 0.25) is 0 Å². The number of hydrogen-bond donors (Lipinski definition) is 0. The molecule has 0 saturated heterocycles. The predicted octanol–water partition coefficient (Wildman–Crippen LogP) is 3.85. The molecule has 0 N–H and O–H groups in total. The fourth-order valence-electron chi connectivity index (χ4n) is 3.80. The Kier molecular flexibility index (Phi) is 7.21. The molecule has 2 aromatic heterocycles. The molecular weight excluding hydrogens is 478 g/mol. The van der Waals surface area contributed by atoms with Crippen LogP contribution in [0.4, 0.5) is 16.3 Å². The smallest absolute Gasteiger partial charge is 0.410 e. The summed E-state index contributed by atoms with van der Waals surface area (Å²) in [5.41, 5.74) is 2.26. The molecule has 36 heavy (non-hydrogen) atoms. The van der Waals surface area contributed by atoms with E-state index >= 15 is 0 Å². The van der Waals surface area contributed by atoms with Crippen molar-refractivity contribution in [1.29, 1.82) is 0 Å². The van der Waals surface area contributed by atoms with Crippen molar-refractivity contribution in [2.75, 3.05) is 43.2 Å². The Morgan fingerprint density at radius 3 is 2.67 bits per heavy atom. The second-order valence-electron chi connectivity index (χ2n) is 9.60. The Hall–Kier alpha value is -3.60. The summed E-state index contributed by atoms with van der Waals surface area (Å²) in [6.07, 6.45) is 6.68. The second kappa shape index (κ2) is 10.2. The van der Waals surface area contributed by atoms with Gasteiger partial charge in [0.1, 0.15) is 17.0 Å². The predicted molar refractivity (Wildman–Crippen MR) is 140 cm³/mol. The first-order chi connectivity index (χ1) is 17.1. The molecule has 1 aliphatic rings. The van der Waals surface area contributed by atoms with Crippen molar-refractivity contribution in [3.05, 3.63) is 54.2 Å². The minimum absolute atomic E-state index is 0.135. The largest absolute Gasteiger partial charge is 0.444 e. The van der Waals surface area contributed by atoms with E-state index in [1.165, 1.54) is 16.7 Å². The van der Waals surface area contributed by atoms with Gasteiger partial charge < -0.3 is 24.0 Å². The van der Waals surface area contributed by atoms with Gasteiger partial charge in [-0.2, -0.15) is 0 Å². The summed E-state index contributed by atoms with van der Waals surface area (Å²) in [6, 6.07) is 7.72. The van der Waals surface area contributed by atoms with Crippen molar-refractivity contribution in [3.63, 3.8) is 0 Å². The number of amides is 2. The standard InChI is InChI=1S/C25H31N7O3S/c1-25(2,3)35-24(34)30(5)14-17-15-31(16-27-17)18-8-7-9-19(12-18)32-11-10-29(4)21-20(22(32)33)13-26-23(28-21)36-6/h7-9,12-13,15-16H,10-11,14H2,1-6H3. The molecule has 0 bridgehead atoms. The van der Waals surface area contributed by atoms with Crippen molar-refractivity contribution in [3.8, 4) is 5.69 Å². The highest BCUT2D eigenvalue weighted by atomic mass is 32.2. The summed E-state index contributed by atoms with van der Waals surface area (Å²) < 4.78 is 7.29. The van der Waals surface area contributed by atoms with E-state index in [2.05, 4.69) is 15.0 Å². The molecule has 0 saturated carbocycles. The molecule has 0 spiro atoms. The summed E-state index contributed by atoms with van der Waals surface area (Å²) in [6.45, 7) is 6.97. The first kappa shape index (κ1) is 25.5. The number of likely N-dealkylation sites (N-methyl/N-ethyl adjacent to an activating group) is 1. The lowest BCUT2D eigenvalue weighted by Gasteiger charge is -2.24. The van der Waals surface area contributed by atoms with Gasteiger partial charge in [-0.05, 0) is 45.2 Å². The van der Waals surface area contributed by atoms with E-state index in [4.69, 9.17) is 4.74 Å². The number of aromatic nitrogens is 4. The lowest BCUT2D eigenvalue weighted by molar-refractivity contribution is 0.0283. The van der Waals surface area contributed by atoms with Gasteiger partial charge in [0.05, 0.1) is 18.6 Å². The molecule has 0 fully saturated rings. The van der Waals surface area contributed by atoms with E-state index in [0.29, 0.717) is 36.2 Å². The topological polar surface area (TPSA) is 96.7 Å². The Morgan fingerprint density at radius 2 is 1.94 bits per heavy atom. The maximum atomic E-state index is 13.5. The Bertz CT molecular complexity index is 1270. The molecule has 11 heteroatoms. The molecule has 0 atom stereocenters. The molecule has 1 aromatic carbocycles. The van der Waals surface area contributed by atoms with Gasteiger partial charge in [0.25, 0.3) is 5.91 Å². The van der Waals surface area contributed by atoms with E-state index in [9.17, 15) is 9.59 Å². The highest BCUT2D eigenvalue weighted by Crippen LogP contribution is 2.28. The number of hydrogen-bond acceptors (Lipinski definition) is 8. The van der Waals surface area contributed by atoms with Crippen LogP contribution >= 0.6 is 11.8 Å². The number of anilines is 2. The van der Waals surface area contributed by atoms with E-state index in [1.54, 1.807) is 24.5 Å². The quantitative estimate of drug-likeness (QED) is 0.378. The Balaban J connectivity index is 1.54. The Morgan fingerprint density at radius 1 is 1.19 bits per heavy atom. The zero-order chi connectivity index (χ0) is 26.0. The van der Waals surface area contributed by atoms with Crippen molar-refractivity contribution in [2.24, 2.45) is 0 Å². The first-order valence-electron chi connectivity index (χ1n) is 11.6. The Labute approximate surface area is 215 Å². The molecule has 190 valence electrons. The van der Waals surface area contributed by atoms with Crippen LogP contribution in [-0.2, 0) is 11.3 Å². The molecule has 0 aliphatic carbocycles. The molecule has 2 amide bonds. The number of fused-ring (bicyclic) bond motifs is 1. The average Bonchev–Trinajstić information content (AvgIpc) is 3.26. The van der Waals surface area contributed by atoms with Gasteiger partial charge >= 0.3 is 6.09 Å². The third-order valence-corrected chi connectivity index (χ3v) is 6.17. The average molecular weight is 510 g/mol. The lowest BCUT2D eigenvalue weighted by atomic mass is 10.2. The van der Waals surface area contributed by atoms with Crippen molar-refractivity contribution in [1.82, 2.24) is 24.4 Å². The summed E-state index contributed by atoms with van der Waals surface area (Å²) in [4.78, 5) is 44.3. The summed E-state index contributed by atoms with van der Waals surface area (Å²) in [5.74, 6) is 0.510. The van der Waals surface area contributed by atoms with Gasteiger partial charge in [0.15, 0.2) is 5.16 Å². The van der Waals surface area contributed by atoms with Gasteiger partial charge in [-0.15, -0.1) is 0 Å². The zero-order valence-corrected chi connectivity index (χ0v) is 22.2. The minimum atomic E-state index is -0.561. The molecular formula is C25H31N7O3S. The fourth-order valence-corrected chi connectivity index (χ4v) is 4.14. The summed E-state index contributed by atoms with van der Waals surface area (Å²) >= 11 is 1.45. The van der Waals surface area contributed by atoms with Crippen LogP contribution < -0.4 is 9.80 Å². The van der Waals surface area contributed by atoms with Gasteiger partial charge in [-0.3, -0.25) is 4.79 Å². The minimum Gasteiger partial charge on any atom is -0.444 e. The maximum absolute atomic E-state index is 13.5. The van der Waals surface area contributed by atoms with Crippen LogP contribution in [0.1, 0.15) is 36.8 Å². The van der Waals surface area contributed by atoms with Crippen LogP contribution in [0.3, 0.4) is 0 Å².